The SMILES string of the molecule is Cc1c(OCc2cnc(-c3cccc(OC=O)c3)cn2)ccc(C(=O)CC(C)(C)C)c1O. The summed E-state index contributed by atoms with van der Waals surface area (Å²) in [5.41, 5.74) is 2.62. The van der Waals surface area contributed by atoms with Gasteiger partial charge in [0, 0.05) is 17.5 Å². The maximum Gasteiger partial charge on any atom is 0.298 e. The van der Waals surface area contributed by atoms with Crippen LogP contribution in [0.2, 0.25) is 0 Å². The summed E-state index contributed by atoms with van der Waals surface area (Å²) in [6.07, 6.45) is 3.54. The number of hydrogen-bond donors (Lipinski definition) is 1. The van der Waals surface area contributed by atoms with Crippen LogP contribution in [0, 0.1) is 12.3 Å². The molecule has 7 nitrogen and oxygen atoms in total. The zero-order valence-electron chi connectivity index (χ0n) is 18.6. The van der Waals surface area contributed by atoms with Gasteiger partial charge >= 0.3 is 0 Å². The van der Waals surface area contributed by atoms with E-state index in [1.807, 2.05) is 26.8 Å². The predicted octanol–water partition coefficient (Wildman–Crippen LogP) is 4.89. The normalized spacial score (nSPS) is 11.1. The lowest BCUT2D eigenvalue weighted by Gasteiger charge is -2.18. The molecule has 166 valence electrons. The molecule has 1 heterocycles. The maximum atomic E-state index is 12.5. The highest BCUT2D eigenvalue weighted by Crippen LogP contribution is 2.33. The van der Waals surface area contributed by atoms with Gasteiger partial charge in [0.2, 0.25) is 0 Å². The number of nitrogens with zero attached hydrogens (tertiary/aromatic N) is 2. The van der Waals surface area contributed by atoms with Crippen LogP contribution in [0.1, 0.15) is 48.8 Å². The summed E-state index contributed by atoms with van der Waals surface area (Å²) in [6, 6.07) is 10.3. The first-order chi connectivity index (χ1) is 15.2. The van der Waals surface area contributed by atoms with E-state index >= 15 is 0 Å². The van der Waals surface area contributed by atoms with Gasteiger partial charge in [0.05, 0.1) is 29.3 Å². The highest BCUT2D eigenvalue weighted by Gasteiger charge is 2.21. The number of phenols is 1. The van der Waals surface area contributed by atoms with Gasteiger partial charge in [0.15, 0.2) is 5.78 Å². The van der Waals surface area contributed by atoms with Crippen molar-refractivity contribution in [2.24, 2.45) is 5.41 Å². The van der Waals surface area contributed by atoms with Gasteiger partial charge in [-0.2, -0.15) is 0 Å². The highest BCUT2D eigenvalue weighted by atomic mass is 16.5. The molecule has 3 rings (SSSR count). The molecule has 2 aromatic carbocycles. The molecule has 0 spiro atoms. The van der Waals surface area contributed by atoms with Crippen LogP contribution in [-0.2, 0) is 11.4 Å². The van der Waals surface area contributed by atoms with Crippen molar-refractivity contribution in [3.8, 4) is 28.5 Å². The van der Waals surface area contributed by atoms with Crippen molar-refractivity contribution in [2.45, 2.75) is 40.7 Å². The van der Waals surface area contributed by atoms with E-state index in [4.69, 9.17) is 9.47 Å². The minimum Gasteiger partial charge on any atom is -0.507 e. The molecule has 3 aromatic rings. The van der Waals surface area contributed by atoms with Crippen LogP contribution in [0.4, 0.5) is 0 Å². The van der Waals surface area contributed by atoms with Crippen LogP contribution in [0.25, 0.3) is 11.3 Å². The predicted molar refractivity (Wildman–Crippen MR) is 120 cm³/mol. The molecule has 0 saturated carbocycles. The van der Waals surface area contributed by atoms with Crippen LogP contribution in [0.5, 0.6) is 17.2 Å². The zero-order valence-corrected chi connectivity index (χ0v) is 18.6. The fourth-order valence-electron chi connectivity index (χ4n) is 3.15. The fraction of sp³-hybridized carbons (Fsp3) is 0.280. The third kappa shape index (κ3) is 5.69. The Morgan fingerprint density at radius 3 is 2.56 bits per heavy atom. The summed E-state index contributed by atoms with van der Waals surface area (Å²) in [7, 11) is 0. The number of ketones is 1. The van der Waals surface area contributed by atoms with E-state index in [1.165, 1.54) is 0 Å². The van der Waals surface area contributed by atoms with Crippen LogP contribution in [-0.4, -0.2) is 27.3 Å². The molecule has 0 fully saturated rings. The van der Waals surface area contributed by atoms with Gasteiger partial charge in [0.1, 0.15) is 23.9 Å². The molecular weight excluding hydrogens is 408 g/mol. The van der Waals surface area contributed by atoms with E-state index in [1.54, 1.807) is 49.6 Å². The van der Waals surface area contributed by atoms with Crippen molar-refractivity contribution in [3.05, 3.63) is 65.6 Å². The summed E-state index contributed by atoms with van der Waals surface area (Å²) in [5.74, 6) is 0.732. The molecule has 1 aromatic heterocycles. The van der Waals surface area contributed by atoms with Crippen LogP contribution < -0.4 is 9.47 Å². The number of benzene rings is 2. The average molecular weight is 434 g/mol. The van der Waals surface area contributed by atoms with Crippen molar-refractivity contribution in [3.63, 3.8) is 0 Å². The number of carbonyl (C=O) groups excluding carboxylic acids is 2. The molecule has 1 N–H and O–H groups in total. The van der Waals surface area contributed by atoms with Crippen LogP contribution in [0.3, 0.4) is 0 Å². The second-order valence-corrected chi connectivity index (χ2v) is 8.67. The second kappa shape index (κ2) is 9.60. The Labute approximate surface area is 187 Å². The molecule has 0 aliphatic carbocycles. The van der Waals surface area contributed by atoms with E-state index in [0.29, 0.717) is 46.9 Å². The number of hydrogen-bond acceptors (Lipinski definition) is 7. The van der Waals surface area contributed by atoms with Gasteiger partial charge in [0.25, 0.3) is 6.47 Å². The Bertz CT molecular complexity index is 1120. The quantitative estimate of drug-likeness (QED) is 0.398. The molecule has 0 aliphatic rings. The van der Waals surface area contributed by atoms with E-state index in [0.717, 1.165) is 5.56 Å². The van der Waals surface area contributed by atoms with Gasteiger partial charge in [-0.1, -0.05) is 32.9 Å². The lowest BCUT2D eigenvalue weighted by molar-refractivity contribution is -0.120. The van der Waals surface area contributed by atoms with Gasteiger partial charge in [-0.25, -0.2) is 0 Å². The third-order valence-electron chi connectivity index (χ3n) is 4.77. The Morgan fingerprint density at radius 1 is 1.12 bits per heavy atom. The van der Waals surface area contributed by atoms with Gasteiger partial charge < -0.3 is 14.6 Å². The molecule has 0 atom stereocenters. The van der Waals surface area contributed by atoms with E-state index < -0.39 is 0 Å². The number of ether oxygens (including phenoxy) is 2. The first kappa shape index (κ1) is 22.9. The Hall–Kier alpha value is -3.74. The number of carbonyl (C=O) groups is 2. The Morgan fingerprint density at radius 2 is 1.91 bits per heavy atom. The van der Waals surface area contributed by atoms with Crippen molar-refractivity contribution in [1.29, 1.82) is 0 Å². The smallest absolute Gasteiger partial charge is 0.298 e. The van der Waals surface area contributed by atoms with Gasteiger partial charge in [-0.3, -0.25) is 19.6 Å². The number of aromatic hydroxyl groups is 1. The first-order valence-corrected chi connectivity index (χ1v) is 10.2. The monoisotopic (exact) mass is 434 g/mol. The maximum absolute atomic E-state index is 12.5. The number of Topliss-reactive ketones (excluding diaryl/α,β-unsaturated/α-hetero) is 1. The summed E-state index contributed by atoms with van der Waals surface area (Å²) >= 11 is 0. The molecule has 0 unspecified atom stereocenters. The van der Waals surface area contributed by atoms with Crippen LogP contribution >= 0.6 is 0 Å². The van der Waals surface area contributed by atoms with Gasteiger partial charge in [-0.05, 0) is 36.6 Å². The highest BCUT2D eigenvalue weighted by molar-refractivity contribution is 5.99. The first-order valence-electron chi connectivity index (χ1n) is 10.2. The van der Waals surface area contributed by atoms with Crippen molar-refractivity contribution >= 4 is 12.3 Å². The molecule has 0 bridgehead atoms. The minimum absolute atomic E-state index is 0.0596. The fourth-order valence-corrected chi connectivity index (χ4v) is 3.15. The Kier molecular flexibility index (Phi) is 6.88. The second-order valence-electron chi connectivity index (χ2n) is 8.67. The van der Waals surface area contributed by atoms with Gasteiger partial charge in [-0.15, -0.1) is 0 Å². The number of phenolic OH excluding ortho intramolecular Hbond substituents is 1. The summed E-state index contributed by atoms with van der Waals surface area (Å²) in [6.45, 7) is 8.17. The molecule has 7 heteroatoms. The molecule has 0 amide bonds. The number of rotatable bonds is 8. The summed E-state index contributed by atoms with van der Waals surface area (Å²) in [5, 5.41) is 10.5. The lowest BCUT2D eigenvalue weighted by Crippen LogP contribution is -2.13. The molecule has 0 radical (unpaired) electrons. The number of aromatic nitrogens is 2. The summed E-state index contributed by atoms with van der Waals surface area (Å²) in [4.78, 5) is 31.8. The van der Waals surface area contributed by atoms with Crippen LogP contribution in [0.15, 0.2) is 48.8 Å². The summed E-state index contributed by atoms with van der Waals surface area (Å²) < 4.78 is 10.7. The largest absolute Gasteiger partial charge is 0.507 e. The zero-order chi connectivity index (χ0) is 23.3. The molecular formula is C25H26N2O5. The van der Waals surface area contributed by atoms with Crippen molar-refractivity contribution in [1.82, 2.24) is 9.97 Å². The average Bonchev–Trinajstić information content (AvgIpc) is 2.74. The molecule has 0 aliphatic heterocycles. The van der Waals surface area contributed by atoms with E-state index in [2.05, 4.69) is 9.97 Å². The minimum atomic E-state index is -0.166. The van der Waals surface area contributed by atoms with Crippen molar-refractivity contribution in [2.75, 3.05) is 0 Å². The molecule has 0 saturated heterocycles. The lowest BCUT2D eigenvalue weighted by atomic mass is 9.87. The van der Waals surface area contributed by atoms with E-state index in [9.17, 15) is 14.7 Å². The van der Waals surface area contributed by atoms with E-state index in [-0.39, 0.29) is 23.6 Å². The Balaban J connectivity index is 1.69. The standard InChI is InChI=1S/C25H26N2O5/c1-16-23(9-8-20(24(16)30)22(29)11-25(2,3)4)31-14-18-12-27-21(13-26-18)17-6-5-7-19(10-17)32-15-28/h5-10,12-13,15,30H,11,14H2,1-4H3. The topological polar surface area (TPSA) is 98.6 Å². The van der Waals surface area contributed by atoms with Crippen molar-refractivity contribution < 1.29 is 24.2 Å². The third-order valence-corrected chi connectivity index (χ3v) is 4.77. The molecule has 32 heavy (non-hydrogen) atoms.